The number of aromatic amines is 1. The number of carbonyl (C=O) groups excluding carboxylic acids is 5. The Hall–Kier alpha value is -9.80. The Balaban J connectivity index is 2.73. The number of carbonyl (C=O) groups is 16. The van der Waals surface area contributed by atoms with Crippen molar-refractivity contribution < 1.29 is 133 Å². The number of nitrogens with one attached hydrogen (secondary N) is 5. The van der Waals surface area contributed by atoms with E-state index in [9.17, 15) is 133 Å². The lowest BCUT2D eigenvalue weighted by molar-refractivity contribution is -0.147. The highest BCUT2D eigenvalue weighted by Crippen LogP contribution is 2.20. The van der Waals surface area contributed by atoms with Crippen molar-refractivity contribution in [1.29, 1.82) is 0 Å². The third-order valence-corrected chi connectivity index (χ3v) is 13.1. The van der Waals surface area contributed by atoms with E-state index in [2.05, 4.69) is 26.3 Å². The molecule has 4 atom stereocenters. The Morgan fingerprint density at radius 1 is 0.429 bits per heavy atom. The zero-order chi connectivity index (χ0) is 68.5. The number of carboxylic acid groups (broad SMARTS) is 11. The minimum absolute atomic E-state index is 0.264. The number of aliphatic carboxylic acids is 11. The third-order valence-electron chi connectivity index (χ3n) is 13.1. The molecule has 0 bridgehead atoms. The minimum atomic E-state index is -1.88. The molecule has 0 aliphatic carbocycles. The van der Waals surface area contributed by atoms with Gasteiger partial charge < -0.3 is 87.2 Å². The van der Waals surface area contributed by atoms with Gasteiger partial charge in [0.1, 0.15) is 24.4 Å². The number of carboxylic acids is 11. The first-order valence-corrected chi connectivity index (χ1v) is 27.4. The van der Waals surface area contributed by atoms with Crippen LogP contribution in [0.1, 0.15) is 18.4 Å². The molecule has 0 unspecified atom stereocenters. The van der Waals surface area contributed by atoms with E-state index in [1.807, 2.05) is 0 Å². The van der Waals surface area contributed by atoms with Crippen LogP contribution in [0.2, 0.25) is 0 Å². The highest BCUT2D eigenvalue weighted by Gasteiger charge is 2.35. The molecular weight excluding hydrogens is 1220 g/mol. The number of nitrogens with zero attached hydrogens (tertiary/aromatic N) is 7. The molecule has 1 heterocycles. The van der Waals surface area contributed by atoms with Crippen LogP contribution < -0.4 is 21.3 Å². The second kappa shape index (κ2) is 40.0. The van der Waals surface area contributed by atoms with Crippen molar-refractivity contribution in [3.05, 3.63) is 36.0 Å². The normalized spacial score (nSPS) is 12.7. The molecule has 4 amide bonds. The number of hydrogen-bond acceptors (Lipinski definition) is 23. The summed E-state index contributed by atoms with van der Waals surface area (Å²) >= 11 is 0. The lowest BCUT2D eigenvalue weighted by Crippen LogP contribution is -2.58. The van der Waals surface area contributed by atoms with Gasteiger partial charge >= 0.3 is 65.7 Å². The van der Waals surface area contributed by atoms with Crippen LogP contribution in [0.3, 0.4) is 0 Å². The first-order chi connectivity index (χ1) is 42.7. The molecule has 39 heteroatoms. The first-order valence-electron chi connectivity index (χ1n) is 27.4. The van der Waals surface area contributed by atoms with Crippen molar-refractivity contribution in [2.75, 3.05) is 137 Å². The fourth-order valence-corrected chi connectivity index (χ4v) is 9.17. The van der Waals surface area contributed by atoms with Gasteiger partial charge in [-0.15, -0.1) is 0 Å². The molecule has 0 aliphatic rings. The van der Waals surface area contributed by atoms with Crippen LogP contribution in [0, 0.1) is 0 Å². The van der Waals surface area contributed by atoms with Gasteiger partial charge in [0.05, 0.1) is 78.0 Å². The number of H-pyrrole nitrogens is 1. The lowest BCUT2D eigenvalue weighted by atomic mass is 10.0. The largest absolute Gasteiger partial charge is 0.481 e. The molecule has 2 aromatic rings. The zero-order valence-corrected chi connectivity index (χ0v) is 48.8. The lowest BCUT2D eigenvalue weighted by Gasteiger charge is -2.34. The van der Waals surface area contributed by atoms with Gasteiger partial charge in [0.15, 0.2) is 0 Å². The Morgan fingerprint density at radius 3 is 1.18 bits per heavy atom. The number of amides is 4. The third kappa shape index (κ3) is 32.3. The van der Waals surface area contributed by atoms with Gasteiger partial charge in [-0.05, 0) is 18.1 Å². The van der Waals surface area contributed by atoms with E-state index in [-0.39, 0.29) is 19.1 Å². The van der Waals surface area contributed by atoms with Gasteiger partial charge in [-0.2, -0.15) is 0 Å². The number of fused-ring (bicyclic) bond motifs is 1. The number of aldehydes is 1. The van der Waals surface area contributed by atoms with E-state index in [1.54, 1.807) is 24.3 Å². The first kappa shape index (κ1) is 77.3. The average Bonchev–Trinajstić information content (AvgIpc) is 1.85. The molecule has 2 rings (SSSR count). The van der Waals surface area contributed by atoms with Crippen LogP contribution in [-0.4, -0.2) is 353 Å². The summed E-state index contributed by atoms with van der Waals surface area (Å²) in [6.45, 7) is -16.3. The fourth-order valence-electron chi connectivity index (χ4n) is 9.17. The van der Waals surface area contributed by atoms with Crippen LogP contribution in [-0.2, 0) is 83.1 Å². The summed E-state index contributed by atoms with van der Waals surface area (Å²) in [4.78, 5) is 208. The van der Waals surface area contributed by atoms with E-state index < -0.39 is 257 Å². The molecule has 1 aromatic heterocycles. The molecule has 1 aromatic carbocycles. The Labute approximate surface area is 515 Å². The van der Waals surface area contributed by atoms with Crippen molar-refractivity contribution in [2.45, 2.75) is 43.4 Å². The van der Waals surface area contributed by atoms with Crippen molar-refractivity contribution in [3.8, 4) is 0 Å². The summed E-state index contributed by atoms with van der Waals surface area (Å²) in [6, 6.07) is 0.133. The van der Waals surface area contributed by atoms with E-state index >= 15 is 0 Å². The smallest absolute Gasteiger partial charge is 0.317 e. The van der Waals surface area contributed by atoms with E-state index in [0.29, 0.717) is 26.3 Å². The van der Waals surface area contributed by atoms with Crippen LogP contribution in [0.5, 0.6) is 0 Å². The molecule has 0 fully saturated rings. The number of rotatable bonds is 51. The zero-order valence-electron chi connectivity index (χ0n) is 48.8. The van der Waals surface area contributed by atoms with Crippen molar-refractivity contribution in [3.63, 3.8) is 0 Å². The summed E-state index contributed by atoms with van der Waals surface area (Å²) in [6.07, 6.45) is 0.638. The van der Waals surface area contributed by atoms with Gasteiger partial charge in [0.2, 0.25) is 23.6 Å². The van der Waals surface area contributed by atoms with E-state index in [0.717, 1.165) is 19.6 Å². The van der Waals surface area contributed by atoms with Gasteiger partial charge in [-0.3, -0.25) is 106 Å². The molecule has 0 saturated carbocycles. The van der Waals surface area contributed by atoms with Crippen molar-refractivity contribution in [2.24, 2.45) is 0 Å². The molecule has 0 aliphatic heterocycles. The van der Waals surface area contributed by atoms with Crippen LogP contribution in [0.4, 0.5) is 0 Å². The quantitative estimate of drug-likeness (QED) is 0.0274. The summed E-state index contributed by atoms with van der Waals surface area (Å²) in [5.74, 6) is -21.3. The molecular formula is C52H74N12O27. The topological polar surface area (TPSA) is 582 Å². The van der Waals surface area contributed by atoms with Crippen molar-refractivity contribution >= 4 is 106 Å². The maximum absolute atomic E-state index is 14.3. The van der Waals surface area contributed by atoms with Crippen LogP contribution in [0.15, 0.2) is 30.5 Å². The average molecular weight is 1300 g/mol. The van der Waals surface area contributed by atoms with Gasteiger partial charge in [-0.25, -0.2) is 0 Å². The summed E-state index contributed by atoms with van der Waals surface area (Å²) in [5, 5.41) is 116. The fraction of sp³-hybridized carbons (Fsp3) is 0.538. The van der Waals surface area contributed by atoms with Gasteiger partial charge in [0, 0.05) is 95.4 Å². The highest BCUT2D eigenvalue weighted by atomic mass is 16.4. The minimum Gasteiger partial charge on any atom is -0.481 e. The highest BCUT2D eigenvalue weighted by molar-refractivity contribution is 5.92. The summed E-state index contributed by atoms with van der Waals surface area (Å²) in [7, 11) is 0. The molecule has 0 spiro atoms. The maximum Gasteiger partial charge on any atom is 0.317 e. The molecule has 39 nitrogen and oxygen atoms in total. The maximum atomic E-state index is 14.3. The van der Waals surface area contributed by atoms with Gasteiger partial charge in [0.25, 0.3) is 0 Å². The van der Waals surface area contributed by atoms with Crippen LogP contribution in [0.25, 0.3) is 10.9 Å². The Kier molecular flexibility index (Phi) is 33.9. The second-order valence-corrected chi connectivity index (χ2v) is 20.4. The molecule has 504 valence electrons. The molecule has 0 radical (unpaired) electrons. The predicted octanol–water partition coefficient (Wildman–Crippen LogP) is -7.33. The molecule has 91 heavy (non-hydrogen) atoms. The number of benzene rings is 1. The Morgan fingerprint density at radius 2 is 0.802 bits per heavy atom. The SMILES string of the molecule is O=C[C@@H](CCC(=O)O)NC(=O)[C@H](Cc1c[nH]c2ccccc12)NC(=O)CN(CCNC(=O)[C@@H](CN(CCN(CC(=O)O)CC(=O)O)CC(=O)O)N(CC(=O)O)CC(=O)O)CCNC(=O)[C@@H](CN(CCN(CC(=O)O)CC(=O)O)CC(=O)O)N(CC(=O)O)CC(=O)O. The Bertz CT molecular complexity index is 2720. The number of para-hydroxylation sites is 1. The number of aromatic nitrogens is 1. The van der Waals surface area contributed by atoms with E-state index in [4.69, 9.17) is 0 Å². The number of hydrogen-bond donors (Lipinski definition) is 16. The monoisotopic (exact) mass is 1300 g/mol. The van der Waals surface area contributed by atoms with Crippen LogP contribution >= 0.6 is 0 Å². The van der Waals surface area contributed by atoms with E-state index in [1.165, 1.54) is 11.1 Å². The summed E-state index contributed by atoms with van der Waals surface area (Å²) in [5.41, 5.74) is 1.08. The molecule has 0 saturated heterocycles. The second-order valence-electron chi connectivity index (χ2n) is 20.4. The molecule has 16 N–H and O–H groups in total. The predicted molar refractivity (Wildman–Crippen MR) is 304 cm³/mol. The summed E-state index contributed by atoms with van der Waals surface area (Å²) < 4.78 is 0. The van der Waals surface area contributed by atoms with Gasteiger partial charge in [-0.1, -0.05) is 18.2 Å². The van der Waals surface area contributed by atoms with Crippen molar-refractivity contribution in [1.82, 2.24) is 60.6 Å². The standard InChI is InChI=1S/C52H74N12O27/c65-30-32(5-6-39(67)68)56-50(89)35(15-31-16-55-34-4-2-1-3-33(31)34)57-38(66)19-58(9-7-53-51(90)36(63(26-46(81)82)27-47(83)84)17-59(20-40(69)70)11-13-61(22-42(73)74)23-43(75)76)10-8-54-52(91)37(64(28-48(85)86)29-49(87)88)18-60(21-41(71)72)12-14-62(24-44(77)78)25-45(79)80/h1-4,16,30,32,35-37,55H,5-15,17-29H2,(H,53,90)(H,54,91)(H,56,89)(H,57,66)(H,67,68)(H,69,70)(H,71,72)(H,73,74)(H,75,76)(H,77,78)(H,79,80)(H,81,82)(H,83,84)(H,85,86)(H,87,88)/t32-,35+,36-,37-/m1/s1.